The van der Waals surface area contributed by atoms with Gasteiger partial charge in [0.25, 0.3) is 0 Å². The maximum atomic E-state index is 12.2. The Morgan fingerprint density at radius 2 is 1.65 bits per heavy atom. The summed E-state index contributed by atoms with van der Waals surface area (Å²) in [5, 5.41) is 3.85. The van der Waals surface area contributed by atoms with Crippen LogP contribution in [0.2, 0.25) is 15.1 Å². The van der Waals surface area contributed by atoms with Crippen LogP contribution in [0, 0.1) is 0 Å². The van der Waals surface area contributed by atoms with Gasteiger partial charge in [0.2, 0.25) is 11.8 Å². The number of rotatable bonds is 4. The van der Waals surface area contributed by atoms with Crippen molar-refractivity contribution < 1.29 is 9.59 Å². The fraction of sp³-hybridized carbons (Fsp3) is 0.125. The number of nitrogens with one attached hydrogen (secondary N) is 1. The second-order valence-electron chi connectivity index (χ2n) is 4.76. The first-order chi connectivity index (χ1) is 10.9. The molecule has 0 unspecified atom stereocenters. The maximum Gasteiger partial charge on any atom is 0.244 e. The first-order valence-corrected chi connectivity index (χ1v) is 7.79. The van der Waals surface area contributed by atoms with Crippen molar-refractivity contribution in [2.24, 2.45) is 0 Å². The molecular formula is C16H13Cl3N2O2. The lowest BCUT2D eigenvalue weighted by Gasteiger charge is -2.21. The lowest BCUT2D eigenvalue weighted by molar-refractivity contribution is -0.120. The van der Waals surface area contributed by atoms with Gasteiger partial charge in [0.1, 0.15) is 6.54 Å². The summed E-state index contributed by atoms with van der Waals surface area (Å²) in [6, 6.07) is 11.5. The standard InChI is InChI=1S/C16H13Cl3N2O2/c1-10(22)21(15-5-3-2-4-14(15)19)9-16(23)20-13-7-11(17)6-12(18)8-13/h2-8H,9H2,1H3,(H,20,23). The molecule has 0 saturated carbocycles. The topological polar surface area (TPSA) is 49.4 Å². The fourth-order valence-corrected chi connectivity index (χ4v) is 2.77. The maximum absolute atomic E-state index is 12.2. The highest BCUT2D eigenvalue weighted by molar-refractivity contribution is 6.35. The molecule has 0 bridgehead atoms. The van der Waals surface area contributed by atoms with Crippen molar-refractivity contribution in [3.8, 4) is 0 Å². The Hall–Kier alpha value is -1.75. The molecule has 0 spiro atoms. The number of hydrogen-bond acceptors (Lipinski definition) is 2. The van der Waals surface area contributed by atoms with Gasteiger partial charge in [-0.2, -0.15) is 0 Å². The SMILES string of the molecule is CC(=O)N(CC(=O)Nc1cc(Cl)cc(Cl)c1)c1ccccc1Cl. The molecule has 0 aromatic heterocycles. The summed E-state index contributed by atoms with van der Waals surface area (Å²) < 4.78 is 0. The van der Waals surface area contributed by atoms with E-state index in [0.29, 0.717) is 26.4 Å². The minimum atomic E-state index is -0.390. The summed E-state index contributed by atoms with van der Waals surface area (Å²) in [7, 11) is 0. The molecule has 2 aromatic carbocycles. The Bertz CT molecular complexity index is 730. The molecule has 0 fully saturated rings. The highest BCUT2D eigenvalue weighted by Gasteiger charge is 2.18. The molecule has 4 nitrogen and oxygen atoms in total. The van der Waals surface area contributed by atoms with Crippen LogP contribution in [0.4, 0.5) is 11.4 Å². The summed E-state index contributed by atoms with van der Waals surface area (Å²) in [6.07, 6.45) is 0. The highest BCUT2D eigenvalue weighted by Crippen LogP contribution is 2.26. The third-order valence-electron chi connectivity index (χ3n) is 2.97. The van der Waals surface area contributed by atoms with Crippen LogP contribution in [0.15, 0.2) is 42.5 Å². The number of hydrogen-bond donors (Lipinski definition) is 1. The van der Waals surface area contributed by atoms with Crippen LogP contribution >= 0.6 is 34.8 Å². The average Bonchev–Trinajstić information content (AvgIpc) is 2.44. The lowest BCUT2D eigenvalue weighted by Crippen LogP contribution is -2.36. The summed E-state index contributed by atoms with van der Waals surface area (Å²) in [6.45, 7) is 1.19. The van der Waals surface area contributed by atoms with E-state index in [2.05, 4.69) is 5.32 Å². The number of anilines is 2. The van der Waals surface area contributed by atoms with E-state index in [4.69, 9.17) is 34.8 Å². The van der Waals surface area contributed by atoms with Crippen molar-refractivity contribution in [3.63, 3.8) is 0 Å². The van der Waals surface area contributed by atoms with E-state index >= 15 is 0 Å². The molecule has 0 aliphatic rings. The molecular weight excluding hydrogens is 359 g/mol. The fourth-order valence-electron chi connectivity index (χ4n) is 2.01. The molecule has 0 heterocycles. The number of para-hydroxylation sites is 1. The van der Waals surface area contributed by atoms with E-state index in [1.54, 1.807) is 42.5 Å². The van der Waals surface area contributed by atoms with Gasteiger partial charge in [-0.1, -0.05) is 46.9 Å². The van der Waals surface area contributed by atoms with E-state index in [-0.39, 0.29) is 12.5 Å². The number of carbonyl (C=O) groups excluding carboxylic acids is 2. The van der Waals surface area contributed by atoms with Crippen LogP contribution in [0.5, 0.6) is 0 Å². The third-order valence-corrected chi connectivity index (χ3v) is 3.73. The zero-order valence-corrected chi connectivity index (χ0v) is 14.4. The zero-order chi connectivity index (χ0) is 17.0. The van der Waals surface area contributed by atoms with Crippen molar-refractivity contribution >= 4 is 58.0 Å². The van der Waals surface area contributed by atoms with Crippen molar-refractivity contribution in [3.05, 3.63) is 57.5 Å². The highest BCUT2D eigenvalue weighted by atomic mass is 35.5. The van der Waals surface area contributed by atoms with Crippen molar-refractivity contribution in [2.75, 3.05) is 16.8 Å². The van der Waals surface area contributed by atoms with Gasteiger partial charge in [-0.25, -0.2) is 0 Å². The van der Waals surface area contributed by atoms with Crippen LogP contribution in [-0.2, 0) is 9.59 Å². The predicted octanol–water partition coefficient (Wildman–Crippen LogP) is 4.64. The molecule has 0 saturated heterocycles. The van der Waals surface area contributed by atoms with E-state index in [9.17, 15) is 9.59 Å². The lowest BCUT2D eigenvalue weighted by atomic mass is 10.2. The minimum absolute atomic E-state index is 0.177. The van der Waals surface area contributed by atoms with E-state index in [1.807, 2.05) is 0 Å². The summed E-state index contributed by atoms with van der Waals surface area (Å²) in [5.41, 5.74) is 0.927. The Labute approximate surface area is 148 Å². The number of halogens is 3. The van der Waals surface area contributed by atoms with Gasteiger partial charge < -0.3 is 10.2 Å². The molecule has 0 atom stereocenters. The average molecular weight is 372 g/mol. The monoisotopic (exact) mass is 370 g/mol. The number of nitrogens with zero attached hydrogens (tertiary/aromatic N) is 1. The first-order valence-electron chi connectivity index (χ1n) is 6.65. The first kappa shape index (κ1) is 17.6. The van der Waals surface area contributed by atoms with Crippen LogP contribution < -0.4 is 10.2 Å². The summed E-state index contributed by atoms with van der Waals surface area (Å²) in [4.78, 5) is 25.3. The zero-order valence-electron chi connectivity index (χ0n) is 12.1. The summed E-state index contributed by atoms with van der Waals surface area (Å²) in [5.74, 6) is -0.684. The molecule has 120 valence electrons. The van der Waals surface area contributed by atoms with Gasteiger partial charge in [0.05, 0.1) is 10.7 Å². The minimum Gasteiger partial charge on any atom is -0.324 e. The normalized spacial score (nSPS) is 10.3. The Kier molecular flexibility index (Phi) is 5.88. The van der Waals surface area contributed by atoms with Crippen molar-refractivity contribution in [2.45, 2.75) is 6.92 Å². The second-order valence-corrected chi connectivity index (χ2v) is 6.04. The van der Waals surface area contributed by atoms with Gasteiger partial charge >= 0.3 is 0 Å². The van der Waals surface area contributed by atoms with Gasteiger partial charge in [-0.15, -0.1) is 0 Å². The molecule has 2 aromatic rings. The van der Waals surface area contributed by atoms with E-state index in [0.717, 1.165) is 0 Å². The second kappa shape index (κ2) is 7.68. The molecule has 7 heteroatoms. The number of carbonyl (C=O) groups is 2. The van der Waals surface area contributed by atoms with Gasteiger partial charge in [-0.3, -0.25) is 9.59 Å². The van der Waals surface area contributed by atoms with Gasteiger partial charge in [-0.05, 0) is 30.3 Å². The van der Waals surface area contributed by atoms with E-state index in [1.165, 1.54) is 11.8 Å². The molecule has 1 N–H and O–H groups in total. The van der Waals surface area contributed by atoms with Crippen molar-refractivity contribution in [1.82, 2.24) is 0 Å². The Balaban J connectivity index is 2.16. The van der Waals surface area contributed by atoms with Gasteiger partial charge in [0, 0.05) is 22.7 Å². The van der Waals surface area contributed by atoms with Crippen molar-refractivity contribution in [1.29, 1.82) is 0 Å². The molecule has 0 aliphatic heterocycles. The molecule has 0 radical (unpaired) electrons. The summed E-state index contributed by atoms with van der Waals surface area (Å²) >= 11 is 17.9. The van der Waals surface area contributed by atoms with Crippen LogP contribution in [-0.4, -0.2) is 18.4 Å². The number of amides is 2. The largest absolute Gasteiger partial charge is 0.324 e. The Morgan fingerprint density at radius 3 is 2.22 bits per heavy atom. The smallest absolute Gasteiger partial charge is 0.244 e. The molecule has 0 aliphatic carbocycles. The van der Waals surface area contributed by atoms with Crippen LogP contribution in [0.3, 0.4) is 0 Å². The van der Waals surface area contributed by atoms with Gasteiger partial charge in [0.15, 0.2) is 0 Å². The molecule has 2 amide bonds. The van der Waals surface area contributed by atoms with Crippen LogP contribution in [0.1, 0.15) is 6.92 Å². The molecule has 23 heavy (non-hydrogen) atoms. The van der Waals surface area contributed by atoms with E-state index < -0.39 is 5.91 Å². The molecule has 2 rings (SSSR count). The predicted molar refractivity (Wildman–Crippen MR) is 94.6 cm³/mol. The number of benzene rings is 2. The third kappa shape index (κ3) is 4.86. The van der Waals surface area contributed by atoms with Crippen LogP contribution in [0.25, 0.3) is 0 Å². The Morgan fingerprint density at radius 1 is 1.04 bits per heavy atom. The quantitative estimate of drug-likeness (QED) is 0.851.